The minimum absolute atomic E-state index is 0.326. The van der Waals surface area contributed by atoms with Crippen molar-refractivity contribution in [1.29, 1.82) is 0 Å². The first-order valence-electron chi connectivity index (χ1n) is 6.02. The van der Waals surface area contributed by atoms with E-state index in [-0.39, 0.29) is 0 Å². The zero-order valence-electron chi connectivity index (χ0n) is 11.0. The summed E-state index contributed by atoms with van der Waals surface area (Å²) in [6, 6.07) is 5.41. The monoisotopic (exact) mass is 330 g/mol. The van der Waals surface area contributed by atoms with E-state index in [1.165, 1.54) is 15.6 Å². The molecule has 0 spiro atoms. The highest BCUT2D eigenvalue weighted by atomic mass is 35.5. The molecule has 0 unspecified atom stereocenters. The van der Waals surface area contributed by atoms with Crippen molar-refractivity contribution in [1.82, 2.24) is 9.29 Å². The first kappa shape index (κ1) is 15.4. The Kier molecular flexibility index (Phi) is 5.15. The van der Waals surface area contributed by atoms with Gasteiger partial charge in [-0.3, -0.25) is 4.98 Å². The number of aromatic nitrogens is 1. The minimum atomic E-state index is -3.42. The maximum atomic E-state index is 12.4. The van der Waals surface area contributed by atoms with Crippen molar-refractivity contribution in [2.75, 3.05) is 13.6 Å². The van der Waals surface area contributed by atoms with Crippen molar-refractivity contribution in [2.45, 2.75) is 16.5 Å². The molecule has 0 amide bonds. The number of halogens is 1. The highest BCUT2D eigenvalue weighted by Gasteiger charge is 2.22. The second-order valence-corrected chi connectivity index (χ2v) is 7.79. The number of pyridine rings is 1. The Hall–Kier alpha value is -0.950. The topological polar surface area (TPSA) is 50.3 Å². The van der Waals surface area contributed by atoms with E-state index >= 15 is 0 Å². The van der Waals surface area contributed by atoms with Crippen LogP contribution in [0.4, 0.5) is 0 Å². The molecule has 0 aliphatic carbocycles. The Balaban J connectivity index is 2.05. The summed E-state index contributed by atoms with van der Waals surface area (Å²) in [5.41, 5.74) is 1.90. The van der Waals surface area contributed by atoms with Gasteiger partial charge >= 0.3 is 0 Å². The molecule has 0 aliphatic heterocycles. The van der Waals surface area contributed by atoms with Crippen LogP contribution in [0.1, 0.15) is 11.1 Å². The lowest BCUT2D eigenvalue weighted by Gasteiger charge is -2.15. The van der Waals surface area contributed by atoms with E-state index < -0.39 is 10.0 Å². The van der Waals surface area contributed by atoms with E-state index in [9.17, 15) is 8.42 Å². The Morgan fingerprint density at radius 2 is 2.00 bits per heavy atom. The molecule has 2 aromatic rings. The lowest BCUT2D eigenvalue weighted by Crippen LogP contribution is -2.28. The van der Waals surface area contributed by atoms with Gasteiger partial charge in [-0.2, -0.15) is 4.31 Å². The standard InChI is InChI=1S/C13H15ClN2O2S2/c1-16(7-4-11-2-5-15-6-3-11)20(17,18)13-8-12(9-14)10-19-13/h2-3,5-6,8,10H,4,7,9H2,1H3. The predicted molar refractivity (Wildman–Crippen MR) is 81.6 cm³/mol. The largest absolute Gasteiger partial charge is 0.265 e. The molecule has 108 valence electrons. The van der Waals surface area contributed by atoms with Gasteiger partial charge in [0.05, 0.1) is 0 Å². The third-order valence-electron chi connectivity index (χ3n) is 2.91. The zero-order chi connectivity index (χ0) is 14.6. The molecule has 0 N–H and O–H groups in total. The van der Waals surface area contributed by atoms with Crippen LogP contribution in [0.15, 0.2) is 40.2 Å². The molecule has 7 heteroatoms. The maximum Gasteiger partial charge on any atom is 0.252 e. The molecule has 0 saturated carbocycles. The summed E-state index contributed by atoms with van der Waals surface area (Å²) >= 11 is 6.91. The minimum Gasteiger partial charge on any atom is -0.265 e. The number of thiophene rings is 1. The summed E-state index contributed by atoms with van der Waals surface area (Å²) in [5, 5.41) is 1.77. The molecule has 0 aliphatic rings. The van der Waals surface area contributed by atoms with Crippen LogP contribution in [0.5, 0.6) is 0 Å². The van der Waals surface area contributed by atoms with E-state index in [1.54, 1.807) is 30.9 Å². The Labute approximate surface area is 128 Å². The molecule has 0 fully saturated rings. The van der Waals surface area contributed by atoms with Crippen LogP contribution in [0.3, 0.4) is 0 Å². The molecule has 0 radical (unpaired) electrons. The quantitative estimate of drug-likeness (QED) is 0.765. The van der Waals surface area contributed by atoms with Gasteiger partial charge in [0.1, 0.15) is 4.21 Å². The molecule has 2 heterocycles. The fraction of sp³-hybridized carbons (Fsp3) is 0.308. The summed E-state index contributed by atoms with van der Waals surface area (Å²) in [6.45, 7) is 0.431. The third-order valence-corrected chi connectivity index (χ3v) is 6.54. The lowest BCUT2D eigenvalue weighted by molar-refractivity contribution is 0.474. The fourth-order valence-electron chi connectivity index (χ4n) is 1.67. The van der Waals surface area contributed by atoms with E-state index in [1.807, 2.05) is 12.1 Å². The van der Waals surface area contributed by atoms with Crippen molar-refractivity contribution in [2.24, 2.45) is 0 Å². The van der Waals surface area contributed by atoms with Crippen LogP contribution in [-0.4, -0.2) is 31.3 Å². The smallest absolute Gasteiger partial charge is 0.252 e. The number of hydrogen-bond acceptors (Lipinski definition) is 4. The molecule has 20 heavy (non-hydrogen) atoms. The normalized spacial score (nSPS) is 11.9. The summed E-state index contributed by atoms with van der Waals surface area (Å²) in [5.74, 6) is 0.326. The van der Waals surface area contributed by atoms with Gasteiger partial charge in [-0.1, -0.05) is 0 Å². The summed E-state index contributed by atoms with van der Waals surface area (Å²) in [7, 11) is -1.83. The average Bonchev–Trinajstić information content (AvgIpc) is 2.95. The summed E-state index contributed by atoms with van der Waals surface area (Å²) in [4.78, 5) is 3.94. The highest BCUT2D eigenvalue weighted by molar-refractivity contribution is 7.91. The molecule has 4 nitrogen and oxygen atoms in total. The molecular weight excluding hydrogens is 316 g/mol. The number of rotatable bonds is 6. The Morgan fingerprint density at radius 1 is 1.30 bits per heavy atom. The number of hydrogen-bond donors (Lipinski definition) is 0. The molecule has 0 bridgehead atoms. The molecule has 2 rings (SSSR count). The second-order valence-electron chi connectivity index (χ2n) is 4.34. The molecule has 2 aromatic heterocycles. The van der Waals surface area contributed by atoms with E-state index in [0.717, 1.165) is 11.1 Å². The average molecular weight is 331 g/mol. The van der Waals surface area contributed by atoms with Crippen molar-refractivity contribution in [3.8, 4) is 0 Å². The first-order chi connectivity index (χ1) is 9.54. The Bertz CT molecular complexity index is 656. The summed E-state index contributed by atoms with van der Waals surface area (Å²) < 4.78 is 26.4. The van der Waals surface area contributed by atoms with Gasteiger partial charge < -0.3 is 0 Å². The van der Waals surface area contributed by atoms with Crippen LogP contribution in [0.25, 0.3) is 0 Å². The van der Waals surface area contributed by atoms with Gasteiger partial charge in [-0.25, -0.2) is 8.42 Å². The van der Waals surface area contributed by atoms with Gasteiger partial charge in [-0.05, 0) is 41.1 Å². The number of alkyl halides is 1. The second kappa shape index (κ2) is 6.67. The fourth-order valence-corrected chi connectivity index (χ4v) is 4.50. The highest BCUT2D eigenvalue weighted by Crippen LogP contribution is 2.24. The van der Waals surface area contributed by atoms with Crippen molar-refractivity contribution >= 4 is 33.0 Å². The van der Waals surface area contributed by atoms with Crippen molar-refractivity contribution in [3.05, 3.63) is 47.1 Å². The summed E-state index contributed by atoms with van der Waals surface area (Å²) in [6.07, 6.45) is 4.07. The van der Waals surface area contributed by atoms with Gasteiger partial charge in [0.25, 0.3) is 10.0 Å². The van der Waals surface area contributed by atoms with Crippen LogP contribution in [0.2, 0.25) is 0 Å². The van der Waals surface area contributed by atoms with Crippen LogP contribution < -0.4 is 0 Å². The SMILES string of the molecule is CN(CCc1ccncc1)S(=O)(=O)c1cc(CCl)cs1. The third kappa shape index (κ3) is 3.58. The number of sulfonamides is 1. The molecular formula is C13H15ClN2O2S2. The lowest BCUT2D eigenvalue weighted by atomic mass is 10.2. The number of likely N-dealkylation sites (N-methyl/N-ethyl adjacent to an activating group) is 1. The van der Waals surface area contributed by atoms with Crippen molar-refractivity contribution in [3.63, 3.8) is 0 Å². The first-order valence-corrected chi connectivity index (χ1v) is 8.88. The predicted octanol–water partition coefficient (Wildman–Crippen LogP) is 2.75. The maximum absolute atomic E-state index is 12.4. The molecule has 0 atom stereocenters. The van der Waals surface area contributed by atoms with E-state index in [2.05, 4.69) is 4.98 Å². The van der Waals surface area contributed by atoms with Gasteiger partial charge in [0, 0.05) is 31.9 Å². The van der Waals surface area contributed by atoms with E-state index in [0.29, 0.717) is 23.1 Å². The van der Waals surface area contributed by atoms with Gasteiger partial charge in [-0.15, -0.1) is 22.9 Å². The zero-order valence-corrected chi connectivity index (χ0v) is 13.4. The molecule has 0 saturated heterocycles. The van der Waals surface area contributed by atoms with Crippen molar-refractivity contribution < 1.29 is 8.42 Å². The van der Waals surface area contributed by atoms with Crippen LogP contribution in [-0.2, 0) is 22.3 Å². The van der Waals surface area contributed by atoms with Gasteiger partial charge in [0.2, 0.25) is 0 Å². The molecule has 0 aromatic carbocycles. The van der Waals surface area contributed by atoms with Crippen LogP contribution in [0, 0.1) is 0 Å². The van der Waals surface area contributed by atoms with Gasteiger partial charge in [0.15, 0.2) is 0 Å². The Morgan fingerprint density at radius 3 is 2.60 bits per heavy atom. The van der Waals surface area contributed by atoms with Crippen LogP contribution >= 0.6 is 22.9 Å². The van der Waals surface area contributed by atoms with E-state index in [4.69, 9.17) is 11.6 Å². The number of nitrogens with zero attached hydrogens (tertiary/aromatic N) is 2.